The summed E-state index contributed by atoms with van der Waals surface area (Å²) in [7, 11) is 0. The number of rotatable bonds is 23. The SMILES string of the molecule is CCCCCCCCCCCCCCCCCCC/C=C/CC1=NC=C[N+]1(CC(=O)[O-])C(C)N. The normalized spacial score (nSPS) is 18.6. The molecule has 2 unspecified atom stereocenters. The monoisotopic (exact) mass is 475 g/mol. The molecule has 1 rings (SSSR count). The van der Waals surface area contributed by atoms with Crippen LogP contribution in [-0.4, -0.2) is 29.0 Å². The molecule has 5 nitrogen and oxygen atoms in total. The van der Waals surface area contributed by atoms with Gasteiger partial charge < -0.3 is 9.90 Å². The molecule has 0 bridgehead atoms. The number of aliphatic carboxylic acids is 1. The molecule has 0 spiro atoms. The molecule has 0 aromatic rings. The fourth-order valence-electron chi connectivity index (χ4n) is 4.82. The second-order valence-electron chi connectivity index (χ2n) is 10.2. The fourth-order valence-corrected chi connectivity index (χ4v) is 4.82. The first-order valence-corrected chi connectivity index (χ1v) is 14.3. The molecule has 0 aliphatic carbocycles. The van der Waals surface area contributed by atoms with Gasteiger partial charge in [0.05, 0.1) is 18.6 Å². The summed E-state index contributed by atoms with van der Waals surface area (Å²) in [4.78, 5) is 15.5. The Morgan fingerprint density at radius 3 is 1.79 bits per heavy atom. The highest BCUT2D eigenvalue weighted by Crippen LogP contribution is 2.22. The Hall–Kier alpha value is -1.46. The summed E-state index contributed by atoms with van der Waals surface area (Å²) in [6.07, 6.45) is 32.7. The number of amidine groups is 1. The summed E-state index contributed by atoms with van der Waals surface area (Å²) >= 11 is 0. The molecule has 196 valence electrons. The van der Waals surface area contributed by atoms with E-state index in [0.29, 0.717) is 6.42 Å². The summed E-state index contributed by atoms with van der Waals surface area (Å²) in [5.74, 6) is -0.332. The number of carbonyl (C=O) groups is 1. The zero-order valence-corrected chi connectivity index (χ0v) is 22.3. The molecule has 0 amide bonds. The van der Waals surface area contributed by atoms with Crippen molar-refractivity contribution < 1.29 is 14.4 Å². The summed E-state index contributed by atoms with van der Waals surface area (Å²) in [5.41, 5.74) is 6.07. The van der Waals surface area contributed by atoms with Crippen molar-refractivity contribution in [1.82, 2.24) is 0 Å². The maximum atomic E-state index is 11.2. The molecular formula is C29H53N3O2. The van der Waals surface area contributed by atoms with Gasteiger partial charge in [0.2, 0.25) is 5.84 Å². The van der Waals surface area contributed by atoms with Crippen LogP contribution in [0.15, 0.2) is 29.5 Å². The molecule has 1 aliphatic heterocycles. The number of hydrogen-bond donors (Lipinski definition) is 1. The third-order valence-electron chi connectivity index (χ3n) is 7.10. The Labute approximate surface area is 210 Å². The van der Waals surface area contributed by atoms with E-state index in [9.17, 15) is 9.90 Å². The van der Waals surface area contributed by atoms with Gasteiger partial charge in [-0.1, -0.05) is 122 Å². The summed E-state index contributed by atoms with van der Waals surface area (Å²) in [5, 5.41) is 11.2. The highest BCUT2D eigenvalue weighted by Gasteiger charge is 2.38. The lowest BCUT2D eigenvalue weighted by atomic mass is 10.0. The molecule has 1 aliphatic rings. The minimum Gasteiger partial charge on any atom is -0.544 e. The minimum absolute atomic E-state index is 0.0613. The molecular weight excluding hydrogens is 422 g/mol. The fraction of sp³-hybridized carbons (Fsp3) is 0.793. The molecule has 1 heterocycles. The zero-order chi connectivity index (χ0) is 24.9. The van der Waals surface area contributed by atoms with E-state index < -0.39 is 5.97 Å². The van der Waals surface area contributed by atoms with E-state index in [1.54, 1.807) is 12.4 Å². The van der Waals surface area contributed by atoms with E-state index in [0.717, 1.165) is 12.3 Å². The topological polar surface area (TPSA) is 78.5 Å². The Kier molecular flexibility index (Phi) is 17.8. The van der Waals surface area contributed by atoms with Crippen LogP contribution in [0.3, 0.4) is 0 Å². The smallest absolute Gasteiger partial charge is 0.213 e. The molecule has 5 heteroatoms. The number of aliphatic imine (C=N–C) groups is 1. The minimum atomic E-state index is -1.11. The number of unbranched alkanes of at least 4 members (excludes halogenated alkanes) is 17. The molecule has 0 aromatic heterocycles. The van der Waals surface area contributed by atoms with E-state index in [1.165, 1.54) is 109 Å². The van der Waals surface area contributed by atoms with Crippen molar-refractivity contribution in [2.45, 2.75) is 142 Å². The van der Waals surface area contributed by atoms with E-state index in [4.69, 9.17) is 5.73 Å². The number of carbonyl (C=O) groups excluding carboxylic acids is 1. The first-order valence-electron chi connectivity index (χ1n) is 14.3. The Morgan fingerprint density at radius 2 is 1.35 bits per heavy atom. The predicted molar refractivity (Wildman–Crippen MR) is 143 cm³/mol. The lowest BCUT2D eigenvalue weighted by molar-refractivity contribution is -0.807. The van der Waals surface area contributed by atoms with Crippen LogP contribution < -0.4 is 10.8 Å². The summed E-state index contributed by atoms with van der Waals surface area (Å²) in [6.45, 7) is 3.93. The van der Waals surface area contributed by atoms with Crippen LogP contribution in [0.2, 0.25) is 0 Å². The predicted octanol–water partition coefficient (Wildman–Crippen LogP) is 6.73. The highest BCUT2D eigenvalue weighted by atomic mass is 16.4. The number of carboxylic acids is 1. The lowest BCUT2D eigenvalue weighted by Crippen LogP contribution is -2.60. The molecule has 0 radical (unpaired) electrons. The van der Waals surface area contributed by atoms with Gasteiger partial charge in [0.25, 0.3) is 0 Å². The van der Waals surface area contributed by atoms with Gasteiger partial charge in [-0.3, -0.25) is 5.73 Å². The van der Waals surface area contributed by atoms with Crippen molar-refractivity contribution >= 4 is 11.8 Å². The Balaban J connectivity index is 1.93. The maximum Gasteiger partial charge on any atom is 0.213 e. The number of nitrogens with two attached hydrogens (primary N) is 1. The second-order valence-corrected chi connectivity index (χ2v) is 10.2. The van der Waals surface area contributed by atoms with Crippen molar-refractivity contribution in [2.24, 2.45) is 10.7 Å². The van der Waals surface area contributed by atoms with Gasteiger partial charge in [-0.25, -0.2) is 9.48 Å². The third-order valence-corrected chi connectivity index (χ3v) is 7.10. The standard InChI is InChI=1S/C29H53N3O2/c1-3-4-5-6-7-8-9-10-11-12-13-14-15-16-17-18-19-20-21-22-23-28-31-24-25-32(28,27(2)30)26-29(33)34/h21-22,24-25,27H,3-20,23,26,30H2,1-2H3/b22-21+. The van der Waals surface area contributed by atoms with Crippen LogP contribution in [0.5, 0.6) is 0 Å². The number of quaternary nitrogens is 1. The first-order chi connectivity index (χ1) is 16.5. The van der Waals surface area contributed by atoms with Gasteiger partial charge in [0.15, 0.2) is 0 Å². The molecule has 2 N–H and O–H groups in total. The van der Waals surface area contributed by atoms with Crippen molar-refractivity contribution in [3.8, 4) is 0 Å². The summed E-state index contributed by atoms with van der Waals surface area (Å²) < 4.78 is 0.0613. The lowest BCUT2D eigenvalue weighted by Gasteiger charge is -2.35. The number of allylic oxidation sites excluding steroid dienone is 1. The maximum absolute atomic E-state index is 11.2. The highest BCUT2D eigenvalue weighted by molar-refractivity contribution is 5.82. The van der Waals surface area contributed by atoms with Crippen LogP contribution in [0, 0.1) is 0 Å². The molecule has 0 fully saturated rings. The molecule has 0 aromatic carbocycles. The average Bonchev–Trinajstić information content (AvgIpc) is 3.20. The van der Waals surface area contributed by atoms with Gasteiger partial charge in [-0.15, -0.1) is 0 Å². The van der Waals surface area contributed by atoms with E-state index in [2.05, 4.69) is 24.1 Å². The van der Waals surface area contributed by atoms with Gasteiger partial charge in [-0.05, 0) is 12.8 Å². The number of hydrogen-bond acceptors (Lipinski definition) is 4. The van der Waals surface area contributed by atoms with Crippen molar-refractivity contribution in [3.05, 3.63) is 24.6 Å². The molecule has 0 saturated heterocycles. The zero-order valence-electron chi connectivity index (χ0n) is 22.3. The van der Waals surface area contributed by atoms with Gasteiger partial charge in [-0.2, -0.15) is 0 Å². The molecule has 0 saturated carbocycles. The van der Waals surface area contributed by atoms with Crippen LogP contribution in [-0.2, 0) is 4.79 Å². The second kappa shape index (κ2) is 19.8. The first kappa shape index (κ1) is 30.6. The number of carboxylic acid groups (broad SMARTS) is 1. The van der Waals surface area contributed by atoms with Crippen molar-refractivity contribution in [2.75, 3.05) is 6.54 Å². The Bertz CT molecular complexity index is 612. The van der Waals surface area contributed by atoms with Gasteiger partial charge in [0.1, 0.15) is 18.9 Å². The van der Waals surface area contributed by atoms with E-state index >= 15 is 0 Å². The largest absolute Gasteiger partial charge is 0.544 e. The third kappa shape index (κ3) is 13.4. The average molecular weight is 476 g/mol. The van der Waals surface area contributed by atoms with Crippen LogP contribution in [0.25, 0.3) is 0 Å². The molecule has 2 atom stereocenters. The van der Waals surface area contributed by atoms with Gasteiger partial charge in [0, 0.05) is 6.92 Å². The van der Waals surface area contributed by atoms with Crippen LogP contribution in [0.4, 0.5) is 0 Å². The van der Waals surface area contributed by atoms with Crippen molar-refractivity contribution in [3.63, 3.8) is 0 Å². The number of nitrogens with zero attached hydrogens (tertiary/aromatic N) is 2. The van der Waals surface area contributed by atoms with Crippen LogP contribution in [0.1, 0.15) is 136 Å². The quantitative estimate of drug-likeness (QED) is 0.101. The van der Waals surface area contributed by atoms with Crippen molar-refractivity contribution in [1.29, 1.82) is 0 Å². The van der Waals surface area contributed by atoms with Crippen LogP contribution >= 0.6 is 0 Å². The van der Waals surface area contributed by atoms with E-state index in [1.807, 2.05) is 6.92 Å². The van der Waals surface area contributed by atoms with E-state index in [-0.39, 0.29) is 17.2 Å². The Morgan fingerprint density at radius 1 is 0.882 bits per heavy atom. The molecule has 34 heavy (non-hydrogen) atoms. The van der Waals surface area contributed by atoms with Gasteiger partial charge >= 0.3 is 0 Å². The summed E-state index contributed by atoms with van der Waals surface area (Å²) in [6, 6.07) is 0.